The van der Waals surface area contributed by atoms with E-state index in [1.54, 1.807) is 0 Å². The molecule has 2 rings (SSSR count). The second-order valence-corrected chi connectivity index (χ2v) is 4.48. The third kappa shape index (κ3) is 1.31. The van der Waals surface area contributed by atoms with Gasteiger partial charge in [-0.3, -0.25) is 0 Å². The molecule has 12 heavy (non-hydrogen) atoms. The second-order valence-electron chi connectivity index (χ2n) is 2.41. The van der Waals surface area contributed by atoms with Gasteiger partial charge in [0.15, 0.2) is 5.95 Å². The average Bonchev–Trinajstić information content (AvgIpc) is 2.29. The van der Waals surface area contributed by atoms with E-state index in [0.29, 0.717) is 5.95 Å². The molecule has 0 aliphatic carbocycles. The fraction of sp³-hybridized carbons (Fsp3) is 0. The molecule has 0 atom stereocenters. The van der Waals surface area contributed by atoms with Gasteiger partial charge in [-0.1, -0.05) is 15.9 Å². The third-order valence-corrected chi connectivity index (χ3v) is 2.80. The van der Waals surface area contributed by atoms with E-state index >= 15 is 0 Å². The number of fused-ring (bicyclic) bond motifs is 1. The molecule has 62 valence electrons. The topological polar surface area (TPSA) is 54.7 Å². The predicted molar refractivity (Wildman–Crippen MR) is 60.9 cm³/mol. The van der Waals surface area contributed by atoms with E-state index in [0.717, 1.165) is 19.1 Å². The summed E-state index contributed by atoms with van der Waals surface area (Å²) in [5, 5.41) is 0. The van der Waals surface area contributed by atoms with Gasteiger partial charge in [-0.2, -0.15) is 0 Å². The average molecular weight is 338 g/mol. The van der Waals surface area contributed by atoms with Crippen LogP contribution in [0.1, 0.15) is 0 Å². The number of hydrogen-bond acceptors (Lipinski definition) is 2. The minimum Gasteiger partial charge on any atom is -0.369 e. The molecule has 3 nitrogen and oxygen atoms in total. The molecule has 3 N–H and O–H groups in total. The molecule has 0 radical (unpaired) electrons. The zero-order valence-electron chi connectivity index (χ0n) is 5.94. The summed E-state index contributed by atoms with van der Waals surface area (Å²) in [6, 6.07) is 3.96. The number of hydrogen-bond donors (Lipinski definition) is 2. The van der Waals surface area contributed by atoms with Gasteiger partial charge in [0.2, 0.25) is 0 Å². The summed E-state index contributed by atoms with van der Waals surface area (Å²) in [6.07, 6.45) is 0. The van der Waals surface area contributed by atoms with E-state index in [4.69, 9.17) is 5.73 Å². The monoisotopic (exact) mass is 337 g/mol. The number of aromatic amines is 1. The Morgan fingerprint density at radius 2 is 2.25 bits per heavy atom. The van der Waals surface area contributed by atoms with Gasteiger partial charge in [-0.05, 0) is 34.7 Å². The lowest BCUT2D eigenvalue weighted by molar-refractivity contribution is 1.35. The highest BCUT2D eigenvalue weighted by molar-refractivity contribution is 14.1. The number of nitrogen functional groups attached to an aromatic ring is 1. The Morgan fingerprint density at radius 3 is 3.00 bits per heavy atom. The molecular formula is C7H5BrIN3. The highest BCUT2D eigenvalue weighted by Gasteiger charge is 2.04. The van der Waals surface area contributed by atoms with Crippen molar-refractivity contribution >= 4 is 55.5 Å². The van der Waals surface area contributed by atoms with Crippen molar-refractivity contribution in [3.63, 3.8) is 0 Å². The molecule has 1 aromatic carbocycles. The van der Waals surface area contributed by atoms with E-state index in [1.165, 1.54) is 0 Å². The number of aromatic nitrogens is 2. The Hall–Kier alpha value is -0.300. The fourth-order valence-corrected chi connectivity index (χ4v) is 2.69. The zero-order chi connectivity index (χ0) is 8.72. The second kappa shape index (κ2) is 2.88. The molecule has 5 heteroatoms. The molecule has 1 aromatic heterocycles. The standard InChI is InChI=1S/C7H5BrIN3/c8-3-1-4(9)6-5(2-3)11-7(10)12-6/h1-2H,(H3,10,11,12). The molecular weight excluding hydrogens is 333 g/mol. The van der Waals surface area contributed by atoms with Crippen molar-refractivity contribution in [2.45, 2.75) is 0 Å². The first-order chi connectivity index (χ1) is 5.66. The van der Waals surface area contributed by atoms with Crippen LogP contribution in [0.5, 0.6) is 0 Å². The van der Waals surface area contributed by atoms with Crippen LogP contribution in [0.4, 0.5) is 5.95 Å². The highest BCUT2D eigenvalue weighted by atomic mass is 127. The molecule has 0 saturated carbocycles. The molecule has 1 heterocycles. The number of H-pyrrole nitrogens is 1. The van der Waals surface area contributed by atoms with Crippen LogP contribution in [-0.4, -0.2) is 9.97 Å². The van der Waals surface area contributed by atoms with Crippen LogP contribution >= 0.6 is 38.5 Å². The number of imidazole rings is 1. The van der Waals surface area contributed by atoms with Gasteiger partial charge >= 0.3 is 0 Å². The Kier molecular flexibility index (Phi) is 1.99. The minimum atomic E-state index is 0.459. The molecule has 0 spiro atoms. The van der Waals surface area contributed by atoms with E-state index in [1.807, 2.05) is 12.1 Å². The lowest BCUT2D eigenvalue weighted by atomic mass is 10.3. The van der Waals surface area contributed by atoms with Crippen LogP contribution in [0.15, 0.2) is 16.6 Å². The van der Waals surface area contributed by atoms with Gasteiger partial charge in [0, 0.05) is 8.04 Å². The Bertz CT molecular complexity index is 437. The first kappa shape index (κ1) is 8.31. The van der Waals surface area contributed by atoms with Crippen LogP contribution < -0.4 is 5.73 Å². The fourth-order valence-electron chi connectivity index (χ4n) is 1.06. The molecule has 2 aromatic rings. The van der Waals surface area contributed by atoms with E-state index in [-0.39, 0.29) is 0 Å². The van der Waals surface area contributed by atoms with Gasteiger partial charge in [-0.25, -0.2) is 4.98 Å². The number of rotatable bonds is 0. The number of nitrogens with one attached hydrogen (secondary N) is 1. The summed E-state index contributed by atoms with van der Waals surface area (Å²) in [6.45, 7) is 0. The van der Waals surface area contributed by atoms with Crippen LogP contribution in [0.25, 0.3) is 11.0 Å². The number of anilines is 1. The van der Waals surface area contributed by atoms with Crippen molar-refractivity contribution in [3.05, 3.63) is 20.2 Å². The molecule has 0 aliphatic heterocycles. The first-order valence-corrected chi connectivity index (χ1v) is 5.14. The first-order valence-electron chi connectivity index (χ1n) is 3.27. The van der Waals surface area contributed by atoms with Crippen LogP contribution in [-0.2, 0) is 0 Å². The SMILES string of the molecule is Nc1nc2c(I)cc(Br)cc2[nH]1. The van der Waals surface area contributed by atoms with Crippen molar-refractivity contribution < 1.29 is 0 Å². The van der Waals surface area contributed by atoms with E-state index < -0.39 is 0 Å². The van der Waals surface area contributed by atoms with Crippen LogP contribution in [0, 0.1) is 3.57 Å². The minimum absolute atomic E-state index is 0.459. The van der Waals surface area contributed by atoms with Gasteiger partial charge in [-0.15, -0.1) is 0 Å². The molecule has 0 saturated heterocycles. The molecule has 0 unspecified atom stereocenters. The van der Waals surface area contributed by atoms with Crippen molar-refractivity contribution in [2.24, 2.45) is 0 Å². The maximum absolute atomic E-state index is 5.52. The van der Waals surface area contributed by atoms with Gasteiger partial charge in [0.1, 0.15) is 5.52 Å². The maximum Gasteiger partial charge on any atom is 0.198 e. The lowest BCUT2D eigenvalue weighted by Gasteiger charge is -1.93. The molecule has 0 fully saturated rings. The van der Waals surface area contributed by atoms with Crippen molar-refractivity contribution in [2.75, 3.05) is 5.73 Å². The van der Waals surface area contributed by atoms with Gasteiger partial charge < -0.3 is 10.7 Å². The molecule has 0 bridgehead atoms. The normalized spacial score (nSPS) is 10.8. The number of halogens is 2. The Labute approximate surface area is 91.0 Å². The van der Waals surface area contributed by atoms with Crippen LogP contribution in [0.2, 0.25) is 0 Å². The summed E-state index contributed by atoms with van der Waals surface area (Å²) >= 11 is 5.63. The number of nitrogens with zero attached hydrogens (tertiary/aromatic N) is 1. The van der Waals surface area contributed by atoms with Crippen LogP contribution in [0.3, 0.4) is 0 Å². The highest BCUT2D eigenvalue weighted by Crippen LogP contribution is 2.24. The third-order valence-electron chi connectivity index (χ3n) is 1.52. The smallest absolute Gasteiger partial charge is 0.198 e. The zero-order valence-corrected chi connectivity index (χ0v) is 9.68. The lowest BCUT2D eigenvalue weighted by Crippen LogP contribution is -1.84. The van der Waals surface area contributed by atoms with Gasteiger partial charge in [0.05, 0.1) is 5.52 Å². The summed E-state index contributed by atoms with van der Waals surface area (Å²) in [4.78, 5) is 7.12. The van der Waals surface area contributed by atoms with E-state index in [2.05, 4.69) is 48.5 Å². The quantitative estimate of drug-likeness (QED) is 0.726. The van der Waals surface area contributed by atoms with Gasteiger partial charge in [0.25, 0.3) is 0 Å². The summed E-state index contributed by atoms with van der Waals surface area (Å²) in [7, 11) is 0. The number of nitrogens with two attached hydrogens (primary N) is 1. The van der Waals surface area contributed by atoms with Crippen molar-refractivity contribution in [1.82, 2.24) is 9.97 Å². The molecule has 0 aliphatic rings. The Morgan fingerprint density at radius 1 is 1.50 bits per heavy atom. The van der Waals surface area contributed by atoms with Crippen molar-refractivity contribution in [3.8, 4) is 0 Å². The maximum atomic E-state index is 5.52. The largest absolute Gasteiger partial charge is 0.369 e. The Balaban J connectivity index is 2.88. The van der Waals surface area contributed by atoms with Crippen molar-refractivity contribution in [1.29, 1.82) is 0 Å². The number of benzene rings is 1. The van der Waals surface area contributed by atoms with E-state index in [9.17, 15) is 0 Å². The predicted octanol–water partition coefficient (Wildman–Crippen LogP) is 2.51. The molecule has 0 amide bonds. The summed E-state index contributed by atoms with van der Waals surface area (Å²) in [5.74, 6) is 0.459. The summed E-state index contributed by atoms with van der Waals surface area (Å²) in [5.41, 5.74) is 7.42. The summed E-state index contributed by atoms with van der Waals surface area (Å²) < 4.78 is 2.12.